The van der Waals surface area contributed by atoms with E-state index in [0.717, 1.165) is 27.5 Å². The molecule has 0 aliphatic carbocycles. The molecule has 0 atom stereocenters. The Morgan fingerprint density at radius 3 is 2.56 bits per heavy atom. The topological polar surface area (TPSA) is 26.3 Å². The zero-order valence-corrected chi connectivity index (χ0v) is 14.8. The Morgan fingerprint density at radius 1 is 1.00 bits per heavy atom. The van der Waals surface area contributed by atoms with Crippen LogP contribution in [0.3, 0.4) is 0 Å². The Hall–Kier alpha value is -2.87. The van der Waals surface area contributed by atoms with Gasteiger partial charge in [0.1, 0.15) is 5.75 Å². The van der Waals surface area contributed by atoms with Crippen molar-refractivity contribution in [3.05, 3.63) is 83.4 Å². The second-order valence-electron chi connectivity index (χ2n) is 6.52. The van der Waals surface area contributed by atoms with Crippen molar-refractivity contribution in [2.45, 2.75) is 26.7 Å². The molecular weight excluding hydrogens is 308 g/mol. The number of aryl methyl sites for hydroxylation is 1. The van der Waals surface area contributed by atoms with E-state index in [0.29, 0.717) is 11.7 Å². The van der Waals surface area contributed by atoms with Crippen molar-refractivity contribution >= 4 is 22.8 Å². The molecule has 0 unspecified atom stereocenters. The normalized spacial score (nSPS) is 11.4. The Kier molecular flexibility index (Phi) is 4.99. The maximum Gasteiger partial charge on any atom is 0.336 e. The summed E-state index contributed by atoms with van der Waals surface area (Å²) in [7, 11) is 0. The van der Waals surface area contributed by atoms with Gasteiger partial charge in [0.05, 0.1) is 0 Å². The van der Waals surface area contributed by atoms with E-state index in [1.807, 2.05) is 55.5 Å². The molecule has 126 valence electrons. The molecule has 3 aromatic rings. The van der Waals surface area contributed by atoms with E-state index in [1.54, 1.807) is 0 Å². The zero-order chi connectivity index (χ0) is 17.8. The summed E-state index contributed by atoms with van der Waals surface area (Å²) in [6.45, 7) is 6.18. The van der Waals surface area contributed by atoms with Crippen LogP contribution in [0.4, 0.5) is 0 Å². The summed E-state index contributed by atoms with van der Waals surface area (Å²) in [5, 5.41) is 2.27. The number of esters is 1. The molecule has 0 spiro atoms. The molecule has 0 bridgehead atoms. The lowest BCUT2D eigenvalue weighted by Crippen LogP contribution is -2.06. The first-order valence-electron chi connectivity index (χ1n) is 8.53. The smallest absolute Gasteiger partial charge is 0.336 e. The van der Waals surface area contributed by atoms with Gasteiger partial charge in [0.25, 0.3) is 0 Å². The van der Waals surface area contributed by atoms with Gasteiger partial charge in [0.2, 0.25) is 0 Å². The van der Waals surface area contributed by atoms with Gasteiger partial charge in [0.15, 0.2) is 0 Å². The van der Waals surface area contributed by atoms with Gasteiger partial charge < -0.3 is 4.74 Å². The van der Waals surface area contributed by atoms with Gasteiger partial charge in [-0.15, -0.1) is 0 Å². The van der Waals surface area contributed by atoms with Crippen molar-refractivity contribution in [2.75, 3.05) is 0 Å². The average molecular weight is 330 g/mol. The third-order valence-corrected chi connectivity index (χ3v) is 4.22. The highest BCUT2D eigenvalue weighted by atomic mass is 16.5. The van der Waals surface area contributed by atoms with Crippen molar-refractivity contribution in [1.82, 2.24) is 0 Å². The van der Waals surface area contributed by atoms with Crippen LogP contribution in [-0.4, -0.2) is 5.97 Å². The maximum atomic E-state index is 12.3. The summed E-state index contributed by atoms with van der Waals surface area (Å²) in [5.74, 6) is 0.577. The molecule has 0 saturated carbocycles. The van der Waals surface area contributed by atoms with Crippen LogP contribution in [0.1, 0.15) is 36.5 Å². The van der Waals surface area contributed by atoms with Gasteiger partial charge in [-0.05, 0) is 52.4 Å². The SMILES string of the molecule is Cc1ccc(C(C)C)c(OC(=O)C=Cc2cccc3ccccc23)c1. The standard InChI is InChI=1S/C23H22O2/c1-16(2)20-13-11-17(3)15-22(20)25-23(24)14-12-19-9-6-8-18-7-4-5-10-21(18)19/h4-16H,1-3H3. The van der Waals surface area contributed by atoms with Crippen molar-refractivity contribution in [2.24, 2.45) is 0 Å². The minimum absolute atomic E-state index is 0.297. The molecule has 0 heterocycles. The molecule has 0 aromatic heterocycles. The Bertz CT molecular complexity index is 930. The quantitative estimate of drug-likeness (QED) is 0.339. The maximum absolute atomic E-state index is 12.3. The lowest BCUT2D eigenvalue weighted by atomic mass is 10.0. The monoisotopic (exact) mass is 330 g/mol. The Morgan fingerprint density at radius 2 is 1.76 bits per heavy atom. The summed E-state index contributed by atoms with van der Waals surface area (Å²) in [6.07, 6.45) is 3.31. The number of benzene rings is 3. The minimum Gasteiger partial charge on any atom is -0.423 e. The van der Waals surface area contributed by atoms with Gasteiger partial charge in [-0.25, -0.2) is 4.79 Å². The van der Waals surface area contributed by atoms with Crippen molar-refractivity contribution in [1.29, 1.82) is 0 Å². The lowest BCUT2D eigenvalue weighted by molar-refractivity contribution is -0.128. The van der Waals surface area contributed by atoms with Gasteiger partial charge in [-0.2, -0.15) is 0 Å². The molecule has 0 radical (unpaired) electrons. The summed E-state index contributed by atoms with van der Waals surface area (Å²) in [5.41, 5.74) is 3.12. The van der Waals surface area contributed by atoms with Crippen LogP contribution in [0.15, 0.2) is 66.7 Å². The van der Waals surface area contributed by atoms with Crippen molar-refractivity contribution in [3.8, 4) is 5.75 Å². The van der Waals surface area contributed by atoms with Crippen LogP contribution >= 0.6 is 0 Å². The fourth-order valence-electron chi connectivity index (χ4n) is 2.90. The fourth-order valence-corrected chi connectivity index (χ4v) is 2.90. The molecule has 0 fully saturated rings. The number of carbonyl (C=O) groups excluding carboxylic acids is 1. The van der Waals surface area contributed by atoms with Gasteiger partial charge in [-0.3, -0.25) is 0 Å². The van der Waals surface area contributed by atoms with E-state index in [1.165, 1.54) is 6.08 Å². The molecule has 25 heavy (non-hydrogen) atoms. The minimum atomic E-state index is -0.361. The summed E-state index contributed by atoms with van der Waals surface area (Å²) < 4.78 is 5.60. The molecule has 3 aromatic carbocycles. The first kappa shape index (κ1) is 17.0. The lowest BCUT2D eigenvalue weighted by Gasteiger charge is -2.12. The number of ether oxygens (including phenoxy) is 1. The third kappa shape index (κ3) is 3.97. The van der Waals surface area contributed by atoms with Crippen LogP contribution in [-0.2, 0) is 4.79 Å². The van der Waals surface area contributed by atoms with E-state index < -0.39 is 0 Å². The highest BCUT2D eigenvalue weighted by molar-refractivity contribution is 5.95. The summed E-state index contributed by atoms with van der Waals surface area (Å²) >= 11 is 0. The molecule has 2 nitrogen and oxygen atoms in total. The van der Waals surface area contributed by atoms with Crippen molar-refractivity contribution in [3.63, 3.8) is 0 Å². The Labute approximate surface area is 148 Å². The first-order chi connectivity index (χ1) is 12.0. The second-order valence-corrected chi connectivity index (χ2v) is 6.52. The number of carbonyl (C=O) groups is 1. The molecule has 0 amide bonds. The van der Waals surface area contributed by atoms with E-state index >= 15 is 0 Å². The number of hydrogen-bond acceptors (Lipinski definition) is 2. The van der Waals surface area contributed by atoms with Crippen LogP contribution < -0.4 is 4.74 Å². The van der Waals surface area contributed by atoms with Crippen LogP contribution in [0.2, 0.25) is 0 Å². The first-order valence-corrected chi connectivity index (χ1v) is 8.53. The number of hydrogen-bond donors (Lipinski definition) is 0. The molecule has 0 aliphatic heterocycles. The van der Waals surface area contributed by atoms with E-state index in [4.69, 9.17) is 4.74 Å². The largest absolute Gasteiger partial charge is 0.423 e. The molecular formula is C23H22O2. The highest BCUT2D eigenvalue weighted by Gasteiger charge is 2.10. The van der Waals surface area contributed by atoms with Crippen LogP contribution in [0, 0.1) is 6.92 Å². The number of fused-ring (bicyclic) bond motifs is 1. The predicted octanol–water partition coefficient (Wildman–Crippen LogP) is 5.89. The van der Waals surface area contributed by atoms with Gasteiger partial charge >= 0.3 is 5.97 Å². The van der Waals surface area contributed by atoms with Gasteiger partial charge in [0, 0.05) is 6.08 Å². The van der Waals surface area contributed by atoms with Crippen molar-refractivity contribution < 1.29 is 9.53 Å². The molecule has 0 saturated heterocycles. The second kappa shape index (κ2) is 7.35. The van der Waals surface area contributed by atoms with E-state index in [9.17, 15) is 4.79 Å². The summed E-state index contributed by atoms with van der Waals surface area (Å²) in [4.78, 5) is 12.3. The predicted molar refractivity (Wildman–Crippen MR) is 104 cm³/mol. The fraction of sp³-hybridized carbons (Fsp3) is 0.174. The van der Waals surface area contributed by atoms with Crippen LogP contribution in [0.25, 0.3) is 16.8 Å². The highest BCUT2D eigenvalue weighted by Crippen LogP contribution is 2.28. The third-order valence-electron chi connectivity index (χ3n) is 4.22. The molecule has 0 N–H and O–H groups in total. The summed E-state index contributed by atoms with van der Waals surface area (Å²) in [6, 6.07) is 20.2. The van der Waals surface area contributed by atoms with Gasteiger partial charge in [-0.1, -0.05) is 68.4 Å². The molecule has 3 rings (SSSR count). The van der Waals surface area contributed by atoms with E-state index in [2.05, 4.69) is 32.0 Å². The molecule has 2 heteroatoms. The molecule has 0 aliphatic rings. The van der Waals surface area contributed by atoms with E-state index in [-0.39, 0.29) is 5.97 Å². The average Bonchev–Trinajstić information content (AvgIpc) is 2.59. The zero-order valence-electron chi connectivity index (χ0n) is 14.8. The van der Waals surface area contributed by atoms with Crippen LogP contribution in [0.5, 0.6) is 5.75 Å². The Balaban J connectivity index is 1.83. The number of rotatable bonds is 4.